The van der Waals surface area contributed by atoms with E-state index < -0.39 is 0 Å². The number of H-pyrrole nitrogens is 1. The fraction of sp³-hybridized carbons (Fsp3) is 0.300. The SMILES string of the molecule is CCCCCCOc1ccc(NC(=O)c2ccc(-c3nn[nH]n3)cc2)cc1. The number of rotatable bonds is 9. The second-order valence-electron chi connectivity index (χ2n) is 6.20. The summed E-state index contributed by atoms with van der Waals surface area (Å²) >= 11 is 0. The molecular weight excluding hydrogens is 342 g/mol. The molecule has 1 aromatic heterocycles. The molecule has 0 saturated heterocycles. The molecule has 0 bridgehead atoms. The van der Waals surface area contributed by atoms with Gasteiger partial charge in [0.1, 0.15) is 5.75 Å². The molecule has 7 heteroatoms. The quantitative estimate of drug-likeness (QED) is 0.557. The molecule has 1 heterocycles. The van der Waals surface area contributed by atoms with Crippen LogP contribution in [-0.4, -0.2) is 33.1 Å². The van der Waals surface area contributed by atoms with Crippen LogP contribution >= 0.6 is 0 Å². The van der Waals surface area contributed by atoms with Crippen LogP contribution in [0.4, 0.5) is 5.69 Å². The Morgan fingerprint density at radius 1 is 1.04 bits per heavy atom. The summed E-state index contributed by atoms with van der Waals surface area (Å²) in [7, 11) is 0. The predicted molar refractivity (Wildman–Crippen MR) is 104 cm³/mol. The molecule has 0 fully saturated rings. The van der Waals surface area contributed by atoms with E-state index in [1.54, 1.807) is 24.3 Å². The number of ether oxygens (including phenoxy) is 1. The molecule has 3 aromatic rings. The maximum absolute atomic E-state index is 12.4. The second-order valence-corrected chi connectivity index (χ2v) is 6.20. The van der Waals surface area contributed by atoms with E-state index in [-0.39, 0.29) is 5.91 Å². The minimum atomic E-state index is -0.178. The molecule has 0 spiro atoms. The first-order chi connectivity index (χ1) is 13.3. The summed E-state index contributed by atoms with van der Waals surface area (Å²) < 4.78 is 5.71. The fourth-order valence-corrected chi connectivity index (χ4v) is 2.61. The minimum absolute atomic E-state index is 0.178. The van der Waals surface area contributed by atoms with Gasteiger partial charge < -0.3 is 10.1 Å². The van der Waals surface area contributed by atoms with Gasteiger partial charge in [0.2, 0.25) is 5.82 Å². The molecule has 2 N–H and O–H groups in total. The van der Waals surface area contributed by atoms with E-state index in [4.69, 9.17) is 4.74 Å². The van der Waals surface area contributed by atoms with Crippen molar-refractivity contribution in [1.29, 1.82) is 0 Å². The van der Waals surface area contributed by atoms with Crippen molar-refractivity contribution in [1.82, 2.24) is 20.6 Å². The third-order valence-corrected chi connectivity index (χ3v) is 4.13. The maximum Gasteiger partial charge on any atom is 0.255 e. The van der Waals surface area contributed by atoms with Gasteiger partial charge in [0.05, 0.1) is 6.61 Å². The average Bonchev–Trinajstić information content (AvgIpc) is 3.24. The molecule has 0 aliphatic rings. The Morgan fingerprint density at radius 3 is 2.48 bits per heavy atom. The highest BCUT2D eigenvalue weighted by Crippen LogP contribution is 2.18. The van der Waals surface area contributed by atoms with Gasteiger partial charge in [0.15, 0.2) is 0 Å². The number of nitrogens with one attached hydrogen (secondary N) is 2. The van der Waals surface area contributed by atoms with Crippen LogP contribution in [0.25, 0.3) is 11.4 Å². The standard InChI is InChI=1S/C20H23N5O2/c1-2-3-4-5-14-27-18-12-10-17(11-13-18)21-20(26)16-8-6-15(7-9-16)19-22-24-25-23-19/h6-13H,2-5,14H2,1H3,(H,21,26)(H,22,23,24,25). The molecule has 0 unspecified atom stereocenters. The lowest BCUT2D eigenvalue weighted by atomic mass is 10.1. The lowest BCUT2D eigenvalue weighted by molar-refractivity contribution is 0.102. The first-order valence-electron chi connectivity index (χ1n) is 9.14. The topological polar surface area (TPSA) is 92.8 Å². The van der Waals surface area contributed by atoms with Gasteiger partial charge in [-0.15, -0.1) is 10.2 Å². The van der Waals surface area contributed by atoms with E-state index in [0.717, 1.165) is 30.0 Å². The number of hydrogen-bond donors (Lipinski definition) is 2. The van der Waals surface area contributed by atoms with Gasteiger partial charge in [-0.25, -0.2) is 0 Å². The van der Waals surface area contributed by atoms with Crippen LogP contribution in [0.1, 0.15) is 43.0 Å². The molecule has 0 aliphatic carbocycles. The number of hydrogen-bond acceptors (Lipinski definition) is 5. The average molecular weight is 365 g/mol. The molecule has 0 radical (unpaired) electrons. The Hall–Kier alpha value is -3.22. The van der Waals surface area contributed by atoms with Gasteiger partial charge in [0.25, 0.3) is 5.91 Å². The van der Waals surface area contributed by atoms with Crippen LogP contribution in [0.15, 0.2) is 48.5 Å². The zero-order valence-corrected chi connectivity index (χ0v) is 15.3. The van der Waals surface area contributed by atoms with Crippen LogP contribution in [-0.2, 0) is 0 Å². The van der Waals surface area contributed by atoms with Gasteiger partial charge >= 0.3 is 0 Å². The maximum atomic E-state index is 12.4. The van der Waals surface area contributed by atoms with E-state index in [1.165, 1.54) is 19.3 Å². The molecule has 3 rings (SSSR count). The summed E-state index contributed by atoms with van der Waals surface area (Å²) in [6.45, 7) is 2.91. The summed E-state index contributed by atoms with van der Waals surface area (Å²) in [6.07, 6.45) is 4.71. The van der Waals surface area contributed by atoms with E-state index in [0.29, 0.717) is 11.4 Å². The Morgan fingerprint density at radius 2 is 1.81 bits per heavy atom. The molecule has 1 amide bonds. The smallest absolute Gasteiger partial charge is 0.255 e. The number of carbonyl (C=O) groups excluding carboxylic acids is 1. The Balaban J connectivity index is 1.51. The lowest BCUT2D eigenvalue weighted by Gasteiger charge is -2.08. The number of aromatic nitrogens is 4. The van der Waals surface area contributed by atoms with E-state index >= 15 is 0 Å². The fourth-order valence-electron chi connectivity index (χ4n) is 2.61. The number of nitrogens with zero attached hydrogens (tertiary/aromatic N) is 3. The predicted octanol–water partition coefficient (Wildman–Crippen LogP) is 4.08. The summed E-state index contributed by atoms with van der Waals surface area (Å²) in [6, 6.07) is 14.5. The molecule has 0 atom stereocenters. The van der Waals surface area contributed by atoms with E-state index in [2.05, 4.69) is 32.9 Å². The molecule has 2 aromatic carbocycles. The number of amides is 1. The number of benzene rings is 2. The van der Waals surface area contributed by atoms with E-state index in [9.17, 15) is 4.79 Å². The monoisotopic (exact) mass is 365 g/mol. The third-order valence-electron chi connectivity index (χ3n) is 4.13. The normalized spacial score (nSPS) is 10.6. The van der Waals surface area contributed by atoms with Crippen LogP contribution in [0, 0.1) is 0 Å². The molecule has 0 aliphatic heterocycles. The zero-order chi connectivity index (χ0) is 18.9. The van der Waals surface area contributed by atoms with Crippen molar-refractivity contribution >= 4 is 11.6 Å². The Labute approximate surface area is 158 Å². The van der Waals surface area contributed by atoms with Gasteiger partial charge in [-0.3, -0.25) is 4.79 Å². The van der Waals surface area contributed by atoms with Crippen molar-refractivity contribution in [2.45, 2.75) is 32.6 Å². The van der Waals surface area contributed by atoms with Crippen LogP contribution in [0.5, 0.6) is 5.75 Å². The van der Waals surface area contributed by atoms with Crippen LogP contribution < -0.4 is 10.1 Å². The highest BCUT2D eigenvalue weighted by atomic mass is 16.5. The molecule has 0 saturated carbocycles. The van der Waals surface area contributed by atoms with Crippen molar-refractivity contribution in [2.75, 3.05) is 11.9 Å². The van der Waals surface area contributed by atoms with Crippen LogP contribution in [0.3, 0.4) is 0 Å². The molecule has 27 heavy (non-hydrogen) atoms. The highest BCUT2D eigenvalue weighted by Gasteiger charge is 2.08. The molecule has 7 nitrogen and oxygen atoms in total. The molecular formula is C20H23N5O2. The first kappa shape index (κ1) is 18.6. The van der Waals surface area contributed by atoms with Gasteiger partial charge in [-0.1, -0.05) is 38.3 Å². The summed E-state index contributed by atoms with van der Waals surface area (Å²) in [5.74, 6) is 1.13. The largest absolute Gasteiger partial charge is 0.494 e. The van der Waals surface area contributed by atoms with Gasteiger partial charge in [0, 0.05) is 16.8 Å². The van der Waals surface area contributed by atoms with Crippen molar-refractivity contribution in [2.24, 2.45) is 0 Å². The lowest BCUT2D eigenvalue weighted by Crippen LogP contribution is -2.11. The number of tetrazole rings is 1. The van der Waals surface area contributed by atoms with Gasteiger partial charge in [-0.2, -0.15) is 5.21 Å². The summed E-state index contributed by atoms with van der Waals surface area (Å²) in [5.41, 5.74) is 2.07. The third kappa shape index (κ3) is 5.37. The summed E-state index contributed by atoms with van der Waals surface area (Å²) in [4.78, 5) is 12.4. The Kier molecular flexibility index (Phi) is 6.51. The first-order valence-corrected chi connectivity index (χ1v) is 9.14. The van der Waals surface area contributed by atoms with Crippen molar-refractivity contribution in [3.8, 4) is 17.1 Å². The summed E-state index contributed by atoms with van der Waals surface area (Å²) in [5, 5.41) is 16.6. The van der Waals surface area contributed by atoms with Crippen molar-refractivity contribution < 1.29 is 9.53 Å². The second kappa shape index (κ2) is 9.47. The number of carbonyl (C=O) groups is 1. The van der Waals surface area contributed by atoms with Crippen molar-refractivity contribution in [3.05, 3.63) is 54.1 Å². The Bertz CT molecular complexity index is 830. The van der Waals surface area contributed by atoms with Crippen molar-refractivity contribution in [3.63, 3.8) is 0 Å². The highest BCUT2D eigenvalue weighted by molar-refractivity contribution is 6.04. The van der Waals surface area contributed by atoms with Gasteiger partial charge in [-0.05, 0) is 48.0 Å². The zero-order valence-electron chi connectivity index (χ0n) is 15.3. The number of aromatic amines is 1. The number of unbranched alkanes of at least 4 members (excludes halogenated alkanes) is 3. The molecule has 140 valence electrons. The number of anilines is 1. The van der Waals surface area contributed by atoms with E-state index in [1.807, 2.05) is 24.3 Å². The minimum Gasteiger partial charge on any atom is -0.494 e. The van der Waals surface area contributed by atoms with Crippen LogP contribution in [0.2, 0.25) is 0 Å².